The van der Waals surface area contributed by atoms with E-state index in [2.05, 4.69) is 109 Å². The standard InChI is InChI=1S/C30H37N3/c1-3-4-7-12-26-17-19-27(20-18-26)25(2)31-33-23-21-32(22-24-33)30(28-13-8-5-9-14-28)29-15-10-6-11-16-29/h5-6,8-11,13-20,30H,3-4,7,12,21-24H2,1-2H3/b31-25+. The molecule has 4 rings (SSSR count). The van der Waals surface area contributed by atoms with E-state index in [4.69, 9.17) is 5.10 Å². The first-order valence-electron chi connectivity index (χ1n) is 12.5. The normalized spacial score (nSPS) is 15.2. The quantitative estimate of drug-likeness (QED) is 0.278. The number of unbranched alkanes of at least 4 members (excludes halogenated alkanes) is 2. The van der Waals surface area contributed by atoms with E-state index in [0.717, 1.165) is 31.9 Å². The lowest BCUT2D eigenvalue weighted by Gasteiger charge is -2.39. The molecule has 0 aliphatic carbocycles. The van der Waals surface area contributed by atoms with Crippen LogP contribution in [0.5, 0.6) is 0 Å². The molecule has 0 unspecified atom stereocenters. The van der Waals surface area contributed by atoms with Gasteiger partial charge >= 0.3 is 0 Å². The zero-order valence-corrected chi connectivity index (χ0v) is 20.2. The second-order valence-corrected chi connectivity index (χ2v) is 9.05. The van der Waals surface area contributed by atoms with Gasteiger partial charge in [-0.2, -0.15) is 5.10 Å². The molecular weight excluding hydrogens is 402 g/mol. The molecule has 1 saturated heterocycles. The van der Waals surface area contributed by atoms with Gasteiger partial charge in [0.2, 0.25) is 0 Å². The lowest BCUT2D eigenvalue weighted by Crippen LogP contribution is -2.46. The Kier molecular flexibility index (Phi) is 8.32. The summed E-state index contributed by atoms with van der Waals surface area (Å²) in [6.45, 7) is 8.29. The number of piperazine rings is 1. The van der Waals surface area contributed by atoms with Crippen molar-refractivity contribution >= 4 is 5.71 Å². The van der Waals surface area contributed by atoms with Gasteiger partial charge in [0.05, 0.1) is 11.8 Å². The summed E-state index contributed by atoms with van der Waals surface area (Å²) < 4.78 is 0. The van der Waals surface area contributed by atoms with E-state index < -0.39 is 0 Å². The zero-order valence-electron chi connectivity index (χ0n) is 20.2. The van der Waals surface area contributed by atoms with Crippen molar-refractivity contribution in [1.82, 2.24) is 9.91 Å². The predicted molar refractivity (Wildman–Crippen MR) is 140 cm³/mol. The van der Waals surface area contributed by atoms with Crippen LogP contribution in [0.2, 0.25) is 0 Å². The number of aryl methyl sites for hydroxylation is 1. The molecule has 0 spiro atoms. The van der Waals surface area contributed by atoms with Gasteiger partial charge in [0.15, 0.2) is 0 Å². The Hall–Kier alpha value is -2.91. The number of benzene rings is 3. The first-order chi connectivity index (χ1) is 16.2. The Morgan fingerprint density at radius 1 is 0.758 bits per heavy atom. The van der Waals surface area contributed by atoms with Crippen molar-refractivity contribution in [2.24, 2.45) is 5.10 Å². The summed E-state index contributed by atoms with van der Waals surface area (Å²) in [7, 11) is 0. The molecule has 0 N–H and O–H groups in total. The third-order valence-corrected chi connectivity index (χ3v) is 6.62. The average molecular weight is 440 g/mol. The number of hydrazone groups is 1. The van der Waals surface area contributed by atoms with Gasteiger partial charge in [0.25, 0.3) is 0 Å². The molecule has 0 amide bonds. The van der Waals surface area contributed by atoms with E-state index in [-0.39, 0.29) is 0 Å². The Morgan fingerprint density at radius 2 is 1.33 bits per heavy atom. The highest BCUT2D eigenvalue weighted by Gasteiger charge is 2.26. The lowest BCUT2D eigenvalue weighted by atomic mass is 9.96. The summed E-state index contributed by atoms with van der Waals surface area (Å²) in [4.78, 5) is 2.59. The molecule has 3 nitrogen and oxygen atoms in total. The highest BCUT2D eigenvalue weighted by Crippen LogP contribution is 2.29. The monoisotopic (exact) mass is 439 g/mol. The first-order valence-corrected chi connectivity index (χ1v) is 12.5. The van der Waals surface area contributed by atoms with Crippen LogP contribution in [-0.2, 0) is 6.42 Å². The van der Waals surface area contributed by atoms with E-state index in [0.29, 0.717) is 6.04 Å². The fourth-order valence-corrected chi connectivity index (χ4v) is 4.72. The maximum absolute atomic E-state index is 4.97. The fraction of sp³-hybridized carbons (Fsp3) is 0.367. The summed E-state index contributed by atoms with van der Waals surface area (Å²) in [5.41, 5.74) is 6.47. The zero-order chi connectivity index (χ0) is 22.9. The second-order valence-electron chi connectivity index (χ2n) is 9.05. The van der Waals surface area contributed by atoms with Crippen molar-refractivity contribution in [3.8, 4) is 0 Å². The molecule has 1 fully saturated rings. The molecule has 33 heavy (non-hydrogen) atoms. The topological polar surface area (TPSA) is 18.8 Å². The third kappa shape index (κ3) is 6.33. The lowest BCUT2D eigenvalue weighted by molar-refractivity contribution is 0.112. The van der Waals surface area contributed by atoms with Crippen molar-refractivity contribution in [2.45, 2.75) is 45.6 Å². The molecule has 1 aliphatic heterocycles. The molecule has 0 aromatic heterocycles. The van der Waals surface area contributed by atoms with Crippen LogP contribution in [0.15, 0.2) is 90.0 Å². The van der Waals surface area contributed by atoms with Crippen LogP contribution >= 0.6 is 0 Å². The van der Waals surface area contributed by atoms with Crippen LogP contribution in [0.25, 0.3) is 0 Å². The first kappa shape index (κ1) is 23.3. The van der Waals surface area contributed by atoms with Crippen molar-refractivity contribution in [2.75, 3.05) is 26.2 Å². The van der Waals surface area contributed by atoms with Gasteiger partial charge in [-0.3, -0.25) is 9.91 Å². The predicted octanol–water partition coefficient (Wildman–Crippen LogP) is 6.55. The van der Waals surface area contributed by atoms with E-state index in [9.17, 15) is 0 Å². The molecule has 1 aliphatic rings. The second kappa shape index (κ2) is 11.8. The number of hydrogen-bond donors (Lipinski definition) is 0. The molecule has 3 aromatic carbocycles. The number of nitrogens with zero attached hydrogens (tertiary/aromatic N) is 3. The summed E-state index contributed by atoms with van der Waals surface area (Å²) in [6, 6.07) is 31.1. The van der Waals surface area contributed by atoms with Crippen LogP contribution < -0.4 is 0 Å². The highest BCUT2D eigenvalue weighted by atomic mass is 15.5. The molecule has 3 heteroatoms. The van der Waals surface area contributed by atoms with E-state index in [1.54, 1.807) is 0 Å². The molecule has 0 saturated carbocycles. The van der Waals surface area contributed by atoms with Crippen LogP contribution in [0.1, 0.15) is 61.4 Å². The maximum atomic E-state index is 4.97. The minimum absolute atomic E-state index is 0.292. The summed E-state index contributed by atoms with van der Waals surface area (Å²) in [5.74, 6) is 0. The fourth-order valence-electron chi connectivity index (χ4n) is 4.72. The van der Waals surface area contributed by atoms with Gasteiger partial charge in [0, 0.05) is 26.2 Å². The van der Waals surface area contributed by atoms with Crippen LogP contribution in [0, 0.1) is 0 Å². The van der Waals surface area contributed by atoms with Gasteiger partial charge < -0.3 is 0 Å². The average Bonchev–Trinajstić information content (AvgIpc) is 2.87. The third-order valence-electron chi connectivity index (χ3n) is 6.62. The summed E-state index contributed by atoms with van der Waals surface area (Å²) >= 11 is 0. The largest absolute Gasteiger partial charge is 0.294 e. The number of hydrogen-bond acceptors (Lipinski definition) is 3. The Bertz CT molecular complexity index is 948. The van der Waals surface area contributed by atoms with Gasteiger partial charge in [-0.25, -0.2) is 0 Å². The minimum atomic E-state index is 0.292. The van der Waals surface area contributed by atoms with Gasteiger partial charge in [-0.1, -0.05) is 105 Å². The van der Waals surface area contributed by atoms with E-state index >= 15 is 0 Å². The summed E-state index contributed by atoms with van der Waals surface area (Å²) in [5, 5.41) is 7.22. The van der Waals surface area contributed by atoms with Crippen molar-refractivity contribution in [3.05, 3.63) is 107 Å². The van der Waals surface area contributed by atoms with Crippen LogP contribution in [0.3, 0.4) is 0 Å². The van der Waals surface area contributed by atoms with Crippen LogP contribution in [0.4, 0.5) is 0 Å². The minimum Gasteiger partial charge on any atom is -0.294 e. The molecule has 3 aromatic rings. The molecule has 1 heterocycles. The van der Waals surface area contributed by atoms with Crippen molar-refractivity contribution in [3.63, 3.8) is 0 Å². The van der Waals surface area contributed by atoms with E-state index in [1.165, 1.54) is 47.9 Å². The molecule has 172 valence electrons. The van der Waals surface area contributed by atoms with E-state index in [1.807, 2.05) is 0 Å². The van der Waals surface area contributed by atoms with Crippen LogP contribution in [-0.4, -0.2) is 41.8 Å². The van der Waals surface area contributed by atoms with Crippen molar-refractivity contribution < 1.29 is 0 Å². The maximum Gasteiger partial charge on any atom is 0.0646 e. The van der Waals surface area contributed by atoms with Gasteiger partial charge in [-0.15, -0.1) is 0 Å². The Balaban J connectivity index is 1.39. The Labute approximate surface area is 199 Å². The Morgan fingerprint density at radius 3 is 1.88 bits per heavy atom. The molecule has 0 atom stereocenters. The van der Waals surface area contributed by atoms with Gasteiger partial charge in [-0.05, 0) is 42.0 Å². The molecule has 0 radical (unpaired) electrons. The number of rotatable bonds is 9. The molecular formula is C30H37N3. The summed E-state index contributed by atoms with van der Waals surface area (Å²) in [6.07, 6.45) is 5.04. The highest BCUT2D eigenvalue weighted by molar-refractivity contribution is 5.98. The molecule has 0 bridgehead atoms. The smallest absolute Gasteiger partial charge is 0.0646 e. The van der Waals surface area contributed by atoms with Gasteiger partial charge in [0.1, 0.15) is 0 Å². The van der Waals surface area contributed by atoms with Crippen molar-refractivity contribution in [1.29, 1.82) is 0 Å². The SMILES string of the molecule is CCCCCc1ccc(/C(C)=N/N2CCN(C(c3ccccc3)c3ccccc3)CC2)cc1.